The molecule has 2 aliphatic heterocycles. The molecule has 3 aliphatic rings. The summed E-state index contributed by atoms with van der Waals surface area (Å²) in [5.74, 6) is 0. The number of fused-ring (bicyclic) bond motifs is 2. The number of halogens is 2. The van der Waals surface area contributed by atoms with E-state index in [0.717, 1.165) is 44.3 Å². The predicted octanol–water partition coefficient (Wildman–Crippen LogP) is 6.51. The highest BCUT2D eigenvalue weighted by Crippen LogP contribution is 2.49. The molecule has 2 atom stereocenters. The predicted molar refractivity (Wildman–Crippen MR) is 135 cm³/mol. The van der Waals surface area contributed by atoms with Gasteiger partial charge in [0, 0.05) is 24.8 Å². The van der Waals surface area contributed by atoms with Crippen molar-refractivity contribution in [2.45, 2.75) is 63.2 Å². The number of alkyl halides is 2. The summed E-state index contributed by atoms with van der Waals surface area (Å²) in [6.45, 7) is 3.68. The Morgan fingerprint density at radius 1 is 1.06 bits per heavy atom. The van der Waals surface area contributed by atoms with Crippen LogP contribution >= 0.6 is 0 Å². The lowest BCUT2D eigenvalue weighted by Crippen LogP contribution is -2.56. The molecule has 0 spiro atoms. The van der Waals surface area contributed by atoms with Crippen molar-refractivity contribution in [3.8, 4) is 0 Å². The molecule has 3 nitrogen and oxygen atoms in total. The Balaban J connectivity index is 1.41. The summed E-state index contributed by atoms with van der Waals surface area (Å²) in [6, 6.07) is 17.7. The van der Waals surface area contributed by atoms with Crippen molar-refractivity contribution in [2.24, 2.45) is 0 Å². The van der Waals surface area contributed by atoms with Crippen LogP contribution in [-0.4, -0.2) is 49.6 Å². The van der Waals surface area contributed by atoms with Crippen LogP contribution in [0.15, 0.2) is 54.1 Å². The molecule has 5 heteroatoms. The average molecular weight is 467 g/mol. The normalized spacial score (nSPS) is 23.4. The zero-order valence-corrected chi connectivity index (χ0v) is 20.2. The molecule has 0 amide bonds. The van der Waals surface area contributed by atoms with E-state index in [1.807, 2.05) is 0 Å². The summed E-state index contributed by atoms with van der Waals surface area (Å²) in [6.07, 6.45) is 5.56. The van der Waals surface area contributed by atoms with Gasteiger partial charge in [-0.2, -0.15) is 0 Å². The molecule has 0 bridgehead atoms. The van der Waals surface area contributed by atoms with Gasteiger partial charge in [0.25, 0.3) is 0 Å². The van der Waals surface area contributed by atoms with Crippen molar-refractivity contribution in [1.82, 2.24) is 4.90 Å². The molecular formula is C29H36F2N2O. The van der Waals surface area contributed by atoms with E-state index in [4.69, 9.17) is 4.74 Å². The van der Waals surface area contributed by atoms with Gasteiger partial charge in [0.2, 0.25) is 0 Å². The van der Waals surface area contributed by atoms with Gasteiger partial charge in [0.05, 0.1) is 25.9 Å². The van der Waals surface area contributed by atoms with E-state index in [0.29, 0.717) is 13.0 Å². The van der Waals surface area contributed by atoms with Gasteiger partial charge in [-0.3, -0.25) is 9.29 Å². The number of benzene rings is 2. The largest absolute Gasteiger partial charge is 0.385 e. The van der Waals surface area contributed by atoms with Gasteiger partial charge in [0.1, 0.15) is 0 Å². The van der Waals surface area contributed by atoms with Gasteiger partial charge >= 0.3 is 0 Å². The molecule has 0 aromatic heterocycles. The minimum absolute atomic E-state index is 0.0608. The van der Waals surface area contributed by atoms with Crippen LogP contribution in [0, 0.1) is 0 Å². The van der Waals surface area contributed by atoms with Gasteiger partial charge in [0.15, 0.2) is 5.67 Å². The van der Waals surface area contributed by atoms with E-state index >= 15 is 4.39 Å². The molecule has 2 heterocycles. The first kappa shape index (κ1) is 23.5. The Morgan fingerprint density at radius 2 is 1.88 bits per heavy atom. The van der Waals surface area contributed by atoms with Gasteiger partial charge in [-0.15, -0.1) is 0 Å². The highest BCUT2D eigenvalue weighted by Gasteiger charge is 2.46. The van der Waals surface area contributed by atoms with Crippen molar-refractivity contribution in [3.63, 3.8) is 0 Å². The fourth-order valence-corrected chi connectivity index (χ4v) is 5.83. The van der Waals surface area contributed by atoms with Crippen molar-refractivity contribution >= 4 is 11.3 Å². The number of ether oxygens (including phenoxy) is 1. The average Bonchev–Trinajstić information content (AvgIpc) is 3.19. The number of anilines is 1. The topological polar surface area (TPSA) is 24.5 Å². The Bertz CT molecular complexity index is 1030. The Kier molecular flexibility index (Phi) is 7.03. The number of hydrogen-bond acceptors (Lipinski definition) is 3. The van der Waals surface area contributed by atoms with Crippen LogP contribution in [0.25, 0.3) is 5.57 Å². The first-order valence-electron chi connectivity index (χ1n) is 12.8. The second-order valence-electron chi connectivity index (χ2n) is 10.3. The Morgan fingerprint density at radius 3 is 2.68 bits per heavy atom. The van der Waals surface area contributed by atoms with Crippen molar-refractivity contribution in [3.05, 3.63) is 70.8 Å². The van der Waals surface area contributed by atoms with Crippen LogP contribution in [0.3, 0.4) is 0 Å². The monoisotopic (exact) mass is 466 g/mol. The van der Waals surface area contributed by atoms with Crippen LogP contribution in [0.5, 0.6) is 0 Å². The molecular weight excluding hydrogens is 430 g/mol. The molecule has 0 saturated carbocycles. The molecule has 0 radical (unpaired) electrons. The van der Waals surface area contributed by atoms with Gasteiger partial charge in [-0.25, -0.2) is 4.39 Å². The van der Waals surface area contributed by atoms with Crippen LogP contribution in [0.4, 0.5) is 14.5 Å². The SMILES string of the molecule is C[C@@H]1CC2=C(Cc3ccccc32)[C@@H](c2cccc(NCCCCCCF)c2)N1CC1(F)COC1. The molecule has 182 valence electrons. The third-order valence-electron chi connectivity index (χ3n) is 7.62. The molecule has 1 saturated heterocycles. The standard InChI is InChI=1S/C29H36F2N2O/c1-21-15-26-25-12-5-4-9-22(25)17-27(26)28(33(21)18-29(31)19-34-20-29)23-10-8-11-24(16-23)32-14-7-3-2-6-13-30/h4-5,8-12,16,21,28,32H,2-3,6-7,13-15,17-20H2,1H3/t21-,28-/m1/s1. The zero-order valence-electron chi connectivity index (χ0n) is 20.2. The molecule has 1 fully saturated rings. The maximum Gasteiger partial charge on any atom is 0.169 e. The first-order valence-corrected chi connectivity index (χ1v) is 12.8. The van der Waals surface area contributed by atoms with Crippen LogP contribution in [0.2, 0.25) is 0 Å². The lowest BCUT2D eigenvalue weighted by Gasteiger charge is -2.47. The van der Waals surface area contributed by atoms with Gasteiger partial charge in [-0.05, 0) is 72.6 Å². The maximum absolute atomic E-state index is 15.3. The van der Waals surface area contributed by atoms with E-state index in [-0.39, 0.29) is 32.0 Å². The summed E-state index contributed by atoms with van der Waals surface area (Å²) in [5, 5.41) is 3.55. The van der Waals surface area contributed by atoms with E-state index in [1.165, 1.54) is 27.8 Å². The summed E-state index contributed by atoms with van der Waals surface area (Å²) in [4.78, 5) is 2.38. The summed E-state index contributed by atoms with van der Waals surface area (Å²) >= 11 is 0. The first-order chi connectivity index (χ1) is 16.6. The maximum atomic E-state index is 15.3. The van der Waals surface area contributed by atoms with Crippen LogP contribution in [0.1, 0.15) is 61.8 Å². The minimum Gasteiger partial charge on any atom is -0.385 e. The van der Waals surface area contributed by atoms with Gasteiger partial charge in [-0.1, -0.05) is 49.2 Å². The smallest absolute Gasteiger partial charge is 0.169 e. The lowest BCUT2D eigenvalue weighted by atomic mass is 9.84. The number of rotatable bonds is 10. The summed E-state index contributed by atoms with van der Waals surface area (Å²) in [7, 11) is 0. The van der Waals surface area contributed by atoms with E-state index in [1.54, 1.807) is 0 Å². The van der Waals surface area contributed by atoms with E-state index < -0.39 is 5.67 Å². The third kappa shape index (κ3) is 4.78. The molecule has 2 aromatic rings. The number of nitrogens with zero attached hydrogens (tertiary/aromatic N) is 1. The van der Waals surface area contributed by atoms with Crippen molar-refractivity contribution in [1.29, 1.82) is 0 Å². The molecule has 34 heavy (non-hydrogen) atoms. The second-order valence-corrected chi connectivity index (χ2v) is 10.3. The number of hydrogen-bond donors (Lipinski definition) is 1. The third-order valence-corrected chi connectivity index (χ3v) is 7.62. The van der Waals surface area contributed by atoms with Crippen LogP contribution < -0.4 is 5.32 Å². The lowest BCUT2D eigenvalue weighted by molar-refractivity contribution is -0.147. The number of nitrogens with one attached hydrogen (secondary N) is 1. The van der Waals surface area contributed by atoms with Gasteiger partial charge < -0.3 is 10.1 Å². The van der Waals surface area contributed by atoms with Crippen LogP contribution in [-0.2, 0) is 11.2 Å². The quantitative estimate of drug-likeness (QED) is 0.404. The Hall–Kier alpha value is -2.24. The Labute approximate surface area is 202 Å². The van der Waals surface area contributed by atoms with E-state index in [2.05, 4.69) is 65.7 Å². The molecule has 5 rings (SSSR count). The summed E-state index contributed by atoms with van der Waals surface area (Å²) in [5.41, 5.74) is 6.69. The fraction of sp³-hybridized carbons (Fsp3) is 0.517. The van der Waals surface area contributed by atoms with E-state index in [9.17, 15) is 4.39 Å². The molecule has 1 aliphatic carbocycles. The fourth-order valence-electron chi connectivity index (χ4n) is 5.83. The summed E-state index contributed by atoms with van der Waals surface area (Å²) < 4.78 is 32.9. The highest BCUT2D eigenvalue weighted by atomic mass is 19.1. The molecule has 2 aromatic carbocycles. The molecule has 1 N–H and O–H groups in total. The minimum atomic E-state index is -1.26. The second kappa shape index (κ2) is 10.2. The number of unbranched alkanes of at least 4 members (excludes halogenated alkanes) is 3. The van der Waals surface area contributed by atoms with Crippen molar-refractivity contribution in [2.75, 3.05) is 38.3 Å². The van der Waals surface area contributed by atoms with Crippen molar-refractivity contribution < 1.29 is 13.5 Å². The molecule has 0 unspecified atom stereocenters. The highest BCUT2D eigenvalue weighted by molar-refractivity contribution is 5.79. The zero-order chi connectivity index (χ0) is 23.5.